The zero-order valence-corrected chi connectivity index (χ0v) is 16.3. The van der Waals surface area contributed by atoms with E-state index in [1.54, 1.807) is 25.1 Å². The Kier molecular flexibility index (Phi) is 5.06. The summed E-state index contributed by atoms with van der Waals surface area (Å²) in [4.78, 5) is 7.52. The largest absolute Gasteiger partial charge is 0.440 e. The Morgan fingerprint density at radius 1 is 1.19 bits per heavy atom. The average Bonchev–Trinajstić information content (AvgIpc) is 3.28. The molecule has 0 radical (unpaired) electrons. The lowest BCUT2D eigenvalue weighted by Gasteiger charge is -2.26. The maximum absolute atomic E-state index is 12.1. The van der Waals surface area contributed by atoms with Crippen LogP contribution in [-0.2, 0) is 9.84 Å². The van der Waals surface area contributed by atoms with Crippen molar-refractivity contribution in [2.75, 3.05) is 25.4 Å². The van der Waals surface area contributed by atoms with Crippen LogP contribution in [0.25, 0.3) is 11.1 Å². The van der Waals surface area contributed by atoms with Gasteiger partial charge in [0.05, 0.1) is 10.6 Å². The van der Waals surface area contributed by atoms with Crippen molar-refractivity contribution in [1.82, 2.24) is 9.88 Å². The Balaban J connectivity index is 1.47. The zero-order chi connectivity index (χ0) is 18.1. The van der Waals surface area contributed by atoms with E-state index in [0.717, 1.165) is 31.3 Å². The van der Waals surface area contributed by atoms with Gasteiger partial charge in [-0.1, -0.05) is 26.2 Å². The molecule has 1 saturated heterocycles. The zero-order valence-electron chi connectivity index (χ0n) is 15.5. The molecule has 1 saturated carbocycles. The van der Waals surface area contributed by atoms with Gasteiger partial charge in [0.25, 0.3) is 0 Å². The number of oxazole rings is 1. The van der Waals surface area contributed by atoms with E-state index in [9.17, 15) is 8.42 Å². The molecule has 0 N–H and O–H groups in total. The number of nitrogens with zero attached hydrogens (tertiary/aromatic N) is 2. The SMILES string of the molecule is CCS(=O)(=O)c1ccc2oc([C@H]3CCN(CC4CCCCC4)C3)nc2c1. The summed E-state index contributed by atoms with van der Waals surface area (Å²) in [5, 5.41) is 0. The van der Waals surface area contributed by atoms with Gasteiger partial charge < -0.3 is 9.32 Å². The molecule has 6 heteroatoms. The van der Waals surface area contributed by atoms with Crippen LogP contribution in [-0.4, -0.2) is 43.7 Å². The standard InChI is InChI=1S/C20H28N2O3S/c1-2-26(23,24)17-8-9-19-18(12-17)21-20(25-19)16-10-11-22(14-16)13-15-6-4-3-5-7-15/h8-9,12,15-16H,2-7,10-11,13-14H2,1H3/t16-/m0/s1. The van der Waals surface area contributed by atoms with Crippen molar-refractivity contribution in [3.05, 3.63) is 24.1 Å². The van der Waals surface area contributed by atoms with Gasteiger partial charge in [-0.05, 0) is 49.9 Å². The van der Waals surface area contributed by atoms with E-state index in [2.05, 4.69) is 9.88 Å². The molecule has 1 aliphatic carbocycles. The van der Waals surface area contributed by atoms with Gasteiger partial charge in [0.1, 0.15) is 5.52 Å². The Hall–Kier alpha value is -1.40. The predicted octanol–water partition coefficient (Wildman–Crippen LogP) is 3.99. The molecule has 26 heavy (non-hydrogen) atoms. The van der Waals surface area contributed by atoms with Gasteiger partial charge >= 0.3 is 0 Å². The fourth-order valence-corrected chi connectivity index (χ4v) is 5.29. The van der Waals surface area contributed by atoms with Gasteiger partial charge in [-0.25, -0.2) is 13.4 Å². The van der Waals surface area contributed by atoms with Gasteiger partial charge in [-0.3, -0.25) is 0 Å². The number of hydrogen-bond acceptors (Lipinski definition) is 5. The summed E-state index contributed by atoms with van der Waals surface area (Å²) in [7, 11) is -3.21. The van der Waals surface area contributed by atoms with E-state index < -0.39 is 9.84 Å². The number of hydrogen-bond donors (Lipinski definition) is 0. The molecule has 1 aromatic carbocycles. The van der Waals surface area contributed by atoms with Crippen LogP contribution in [0.2, 0.25) is 0 Å². The quantitative estimate of drug-likeness (QED) is 0.789. The molecule has 5 nitrogen and oxygen atoms in total. The highest BCUT2D eigenvalue weighted by atomic mass is 32.2. The van der Waals surface area contributed by atoms with E-state index in [4.69, 9.17) is 4.42 Å². The Bertz CT molecular complexity index is 868. The molecular weight excluding hydrogens is 348 g/mol. The monoisotopic (exact) mass is 376 g/mol. The van der Waals surface area contributed by atoms with Crippen LogP contribution in [0.4, 0.5) is 0 Å². The van der Waals surface area contributed by atoms with Crippen molar-refractivity contribution in [2.45, 2.75) is 56.3 Å². The molecule has 142 valence electrons. The minimum absolute atomic E-state index is 0.0992. The first-order valence-corrected chi connectivity index (χ1v) is 11.6. The molecule has 4 rings (SSSR count). The summed E-state index contributed by atoms with van der Waals surface area (Å²) in [5.74, 6) is 2.03. The fourth-order valence-electron chi connectivity index (χ4n) is 4.39. The number of rotatable bonds is 5. The van der Waals surface area contributed by atoms with Crippen LogP contribution >= 0.6 is 0 Å². The van der Waals surface area contributed by atoms with Gasteiger partial charge in [0, 0.05) is 19.0 Å². The summed E-state index contributed by atoms with van der Waals surface area (Å²) < 4.78 is 30.1. The second kappa shape index (κ2) is 7.31. The van der Waals surface area contributed by atoms with Gasteiger partial charge in [-0.15, -0.1) is 0 Å². The first-order valence-electron chi connectivity index (χ1n) is 9.91. The maximum Gasteiger partial charge on any atom is 0.199 e. The van der Waals surface area contributed by atoms with Gasteiger partial charge in [-0.2, -0.15) is 0 Å². The van der Waals surface area contributed by atoms with E-state index in [0.29, 0.717) is 21.9 Å². The van der Waals surface area contributed by atoms with E-state index in [-0.39, 0.29) is 5.75 Å². The van der Waals surface area contributed by atoms with Gasteiger partial charge in [0.15, 0.2) is 21.3 Å². The molecule has 1 aromatic heterocycles. The van der Waals surface area contributed by atoms with E-state index in [1.165, 1.54) is 38.6 Å². The third kappa shape index (κ3) is 3.67. The smallest absolute Gasteiger partial charge is 0.199 e. The highest BCUT2D eigenvalue weighted by Crippen LogP contribution is 2.32. The number of benzene rings is 1. The highest BCUT2D eigenvalue weighted by Gasteiger charge is 2.29. The lowest BCUT2D eigenvalue weighted by Crippen LogP contribution is -2.28. The number of aromatic nitrogens is 1. The first-order chi connectivity index (χ1) is 12.5. The summed E-state index contributed by atoms with van der Waals surface area (Å²) in [6.07, 6.45) is 7.99. The molecule has 0 amide bonds. The average molecular weight is 377 g/mol. The Morgan fingerprint density at radius 2 is 2.00 bits per heavy atom. The van der Waals surface area contributed by atoms with Crippen molar-refractivity contribution in [2.24, 2.45) is 5.92 Å². The molecule has 2 fully saturated rings. The van der Waals surface area contributed by atoms with Crippen LogP contribution < -0.4 is 0 Å². The van der Waals surface area contributed by atoms with Crippen LogP contribution in [0.5, 0.6) is 0 Å². The number of fused-ring (bicyclic) bond motifs is 1. The molecule has 2 heterocycles. The molecule has 1 aliphatic heterocycles. The molecule has 0 unspecified atom stereocenters. The van der Waals surface area contributed by atoms with Crippen molar-refractivity contribution in [3.63, 3.8) is 0 Å². The summed E-state index contributed by atoms with van der Waals surface area (Å²) in [6.45, 7) is 4.97. The van der Waals surface area contributed by atoms with Crippen LogP contribution in [0.3, 0.4) is 0 Å². The van der Waals surface area contributed by atoms with Crippen LogP contribution in [0.15, 0.2) is 27.5 Å². The molecular formula is C20H28N2O3S. The lowest BCUT2D eigenvalue weighted by atomic mass is 9.89. The topological polar surface area (TPSA) is 63.4 Å². The highest BCUT2D eigenvalue weighted by molar-refractivity contribution is 7.91. The second-order valence-electron chi connectivity index (χ2n) is 7.83. The van der Waals surface area contributed by atoms with Crippen LogP contribution in [0, 0.1) is 5.92 Å². The molecule has 0 spiro atoms. The second-order valence-corrected chi connectivity index (χ2v) is 10.1. The third-order valence-corrected chi connectivity index (χ3v) is 7.71. The fraction of sp³-hybridized carbons (Fsp3) is 0.650. The minimum Gasteiger partial charge on any atom is -0.440 e. The van der Waals surface area contributed by atoms with Crippen molar-refractivity contribution >= 4 is 20.9 Å². The van der Waals surface area contributed by atoms with Crippen molar-refractivity contribution in [3.8, 4) is 0 Å². The molecule has 1 atom stereocenters. The minimum atomic E-state index is -3.21. The van der Waals surface area contributed by atoms with E-state index in [1.807, 2.05) is 0 Å². The summed E-state index contributed by atoms with van der Waals surface area (Å²) >= 11 is 0. The molecule has 2 aliphatic rings. The number of sulfone groups is 1. The normalized spacial score (nSPS) is 23.0. The summed E-state index contributed by atoms with van der Waals surface area (Å²) in [6, 6.07) is 5.01. The van der Waals surface area contributed by atoms with Crippen LogP contribution in [0.1, 0.15) is 57.3 Å². The lowest BCUT2D eigenvalue weighted by molar-refractivity contribution is 0.230. The Morgan fingerprint density at radius 3 is 2.77 bits per heavy atom. The van der Waals surface area contributed by atoms with E-state index >= 15 is 0 Å². The third-order valence-electron chi connectivity index (χ3n) is 5.98. The summed E-state index contributed by atoms with van der Waals surface area (Å²) in [5.41, 5.74) is 1.33. The van der Waals surface area contributed by atoms with Crippen molar-refractivity contribution in [1.29, 1.82) is 0 Å². The molecule has 0 bridgehead atoms. The maximum atomic E-state index is 12.1. The van der Waals surface area contributed by atoms with Gasteiger partial charge in [0.2, 0.25) is 0 Å². The number of likely N-dealkylation sites (tertiary alicyclic amines) is 1. The first kappa shape index (κ1) is 18.0. The van der Waals surface area contributed by atoms with Crippen molar-refractivity contribution < 1.29 is 12.8 Å². The Labute approximate surface area is 155 Å². The predicted molar refractivity (Wildman–Crippen MR) is 102 cm³/mol. The molecule has 2 aromatic rings.